The van der Waals surface area contributed by atoms with Crippen LogP contribution in [0.25, 0.3) is 0 Å². The number of carbonyl (C=O) groups is 2. The van der Waals surface area contributed by atoms with Gasteiger partial charge in [0.15, 0.2) is 5.78 Å². The Morgan fingerprint density at radius 3 is 2.60 bits per heavy atom. The predicted octanol–water partition coefficient (Wildman–Crippen LogP) is 3.74. The van der Waals surface area contributed by atoms with E-state index in [0.717, 1.165) is 17.7 Å². The molecule has 0 aliphatic carbocycles. The second kappa shape index (κ2) is 10.0. The Balaban J connectivity index is 1.86. The van der Waals surface area contributed by atoms with E-state index in [-0.39, 0.29) is 42.6 Å². The number of rotatable bonds is 9. The molecule has 0 fully saturated rings. The van der Waals surface area contributed by atoms with Crippen molar-refractivity contribution in [2.75, 3.05) is 13.2 Å². The zero-order valence-electron chi connectivity index (χ0n) is 18.1. The summed E-state index contributed by atoms with van der Waals surface area (Å²) in [5.41, 5.74) is 2.83. The fourth-order valence-electron chi connectivity index (χ4n) is 3.95. The highest BCUT2D eigenvalue weighted by Gasteiger charge is 2.28. The standard InChI is InChI=1S/C24H32N2O4/c1-4-20(17-8-6-5-7-9-17)25-24(29)19-13-21(26-10-11-30-15-22(19)26)23(28)12-18(14-27)16(2)3/h5-9,13,16,18,20,27H,4,10-12,14-15H2,1-3H3,(H,25,29)/t18-,20+/m0/s1. The maximum absolute atomic E-state index is 13.2. The third-order valence-electron chi connectivity index (χ3n) is 5.98. The molecule has 1 aliphatic rings. The smallest absolute Gasteiger partial charge is 0.253 e. The molecule has 1 aromatic heterocycles. The molecular formula is C24H32N2O4. The first-order valence-electron chi connectivity index (χ1n) is 10.8. The molecule has 2 atom stereocenters. The van der Waals surface area contributed by atoms with Crippen LogP contribution in [0.1, 0.15) is 71.8 Å². The number of fused-ring (bicyclic) bond motifs is 1. The monoisotopic (exact) mass is 412 g/mol. The van der Waals surface area contributed by atoms with Crippen LogP contribution < -0.4 is 5.32 Å². The number of ketones is 1. The van der Waals surface area contributed by atoms with Crippen LogP contribution in [0.5, 0.6) is 0 Å². The highest BCUT2D eigenvalue weighted by atomic mass is 16.5. The molecule has 6 heteroatoms. The molecule has 0 saturated carbocycles. The van der Waals surface area contributed by atoms with E-state index in [4.69, 9.17) is 4.74 Å². The van der Waals surface area contributed by atoms with Crippen LogP contribution in [0, 0.1) is 11.8 Å². The maximum atomic E-state index is 13.2. The zero-order chi connectivity index (χ0) is 21.7. The molecule has 30 heavy (non-hydrogen) atoms. The molecule has 6 nitrogen and oxygen atoms in total. The molecule has 1 aliphatic heterocycles. The van der Waals surface area contributed by atoms with E-state index < -0.39 is 0 Å². The molecule has 1 aromatic carbocycles. The fraction of sp³-hybridized carbons (Fsp3) is 0.500. The summed E-state index contributed by atoms with van der Waals surface area (Å²) in [6.07, 6.45) is 1.03. The van der Waals surface area contributed by atoms with Crippen LogP contribution in [-0.4, -0.2) is 34.6 Å². The summed E-state index contributed by atoms with van der Waals surface area (Å²) in [6.45, 7) is 7.38. The minimum absolute atomic E-state index is 0.0251. The largest absolute Gasteiger partial charge is 0.396 e. The van der Waals surface area contributed by atoms with Crippen molar-refractivity contribution in [3.8, 4) is 0 Å². The lowest BCUT2D eigenvalue weighted by molar-refractivity contribution is 0.0768. The number of amides is 1. The molecule has 162 valence electrons. The molecule has 2 N–H and O–H groups in total. The average Bonchev–Trinajstić information content (AvgIpc) is 3.16. The van der Waals surface area contributed by atoms with Crippen molar-refractivity contribution in [3.05, 3.63) is 58.9 Å². The third kappa shape index (κ3) is 4.82. The van der Waals surface area contributed by atoms with Crippen molar-refractivity contribution in [1.29, 1.82) is 0 Å². The number of nitrogens with zero attached hydrogens (tertiary/aromatic N) is 1. The Morgan fingerprint density at radius 2 is 1.97 bits per heavy atom. The molecule has 0 radical (unpaired) electrons. The van der Waals surface area contributed by atoms with E-state index in [1.807, 2.05) is 55.7 Å². The quantitative estimate of drug-likeness (QED) is 0.615. The molecule has 1 amide bonds. The van der Waals surface area contributed by atoms with Gasteiger partial charge in [-0.05, 0) is 29.9 Å². The SMILES string of the molecule is CC[C@@H](NC(=O)c1cc(C(=O)C[C@@H](CO)C(C)C)n2c1COCC2)c1ccccc1. The van der Waals surface area contributed by atoms with Crippen molar-refractivity contribution in [1.82, 2.24) is 9.88 Å². The van der Waals surface area contributed by atoms with E-state index in [1.165, 1.54) is 0 Å². The summed E-state index contributed by atoms with van der Waals surface area (Å²) in [4.78, 5) is 26.2. The second-order valence-electron chi connectivity index (χ2n) is 8.25. The van der Waals surface area contributed by atoms with Crippen LogP contribution in [0.2, 0.25) is 0 Å². The molecule has 0 bridgehead atoms. The number of aliphatic hydroxyl groups is 1. The Labute approximate surface area is 178 Å². The van der Waals surface area contributed by atoms with Crippen molar-refractivity contribution < 1.29 is 19.4 Å². The highest BCUT2D eigenvalue weighted by molar-refractivity contribution is 6.01. The van der Waals surface area contributed by atoms with Gasteiger partial charge in [-0.2, -0.15) is 0 Å². The predicted molar refractivity (Wildman–Crippen MR) is 115 cm³/mol. The van der Waals surface area contributed by atoms with Gasteiger partial charge >= 0.3 is 0 Å². The van der Waals surface area contributed by atoms with Gasteiger partial charge in [-0.25, -0.2) is 0 Å². The molecular weight excluding hydrogens is 380 g/mol. The number of carbonyl (C=O) groups excluding carboxylic acids is 2. The molecule has 0 spiro atoms. The first kappa shape index (κ1) is 22.2. The van der Waals surface area contributed by atoms with Crippen molar-refractivity contribution in [2.45, 2.75) is 52.8 Å². The van der Waals surface area contributed by atoms with Gasteiger partial charge in [-0.1, -0.05) is 51.1 Å². The van der Waals surface area contributed by atoms with E-state index in [9.17, 15) is 14.7 Å². The molecule has 0 saturated heterocycles. The summed E-state index contributed by atoms with van der Waals surface area (Å²) in [5.74, 6) is -0.123. The van der Waals surface area contributed by atoms with Gasteiger partial charge in [-0.3, -0.25) is 9.59 Å². The first-order valence-corrected chi connectivity index (χ1v) is 10.8. The Morgan fingerprint density at radius 1 is 1.23 bits per heavy atom. The summed E-state index contributed by atoms with van der Waals surface area (Å²) in [7, 11) is 0. The van der Waals surface area contributed by atoms with Crippen LogP contribution in [-0.2, 0) is 17.9 Å². The topological polar surface area (TPSA) is 80.6 Å². The second-order valence-corrected chi connectivity index (χ2v) is 8.25. The first-order chi connectivity index (χ1) is 14.5. The van der Waals surface area contributed by atoms with E-state index in [2.05, 4.69) is 5.32 Å². The number of aliphatic hydroxyl groups excluding tert-OH is 1. The van der Waals surface area contributed by atoms with Crippen LogP contribution in [0.4, 0.5) is 0 Å². The summed E-state index contributed by atoms with van der Waals surface area (Å²) >= 11 is 0. The van der Waals surface area contributed by atoms with Gasteiger partial charge in [0.25, 0.3) is 5.91 Å². The molecule has 3 rings (SSSR count). The Hall–Kier alpha value is -2.44. The lowest BCUT2D eigenvalue weighted by atomic mass is 9.91. The minimum Gasteiger partial charge on any atom is -0.396 e. The number of hydrogen-bond donors (Lipinski definition) is 2. The van der Waals surface area contributed by atoms with Gasteiger partial charge in [0.2, 0.25) is 0 Å². The molecule has 2 heterocycles. The van der Waals surface area contributed by atoms with E-state index in [0.29, 0.717) is 31.0 Å². The summed E-state index contributed by atoms with van der Waals surface area (Å²) < 4.78 is 7.50. The van der Waals surface area contributed by atoms with E-state index in [1.54, 1.807) is 6.07 Å². The van der Waals surface area contributed by atoms with Gasteiger partial charge in [0.05, 0.1) is 36.2 Å². The highest BCUT2D eigenvalue weighted by Crippen LogP contribution is 2.26. The Kier molecular flexibility index (Phi) is 7.45. The van der Waals surface area contributed by atoms with Crippen LogP contribution in [0.15, 0.2) is 36.4 Å². The average molecular weight is 413 g/mol. The maximum Gasteiger partial charge on any atom is 0.253 e. The van der Waals surface area contributed by atoms with Crippen molar-refractivity contribution >= 4 is 11.7 Å². The van der Waals surface area contributed by atoms with Crippen molar-refractivity contribution in [3.63, 3.8) is 0 Å². The molecule has 0 unspecified atom stereocenters. The van der Waals surface area contributed by atoms with Crippen molar-refractivity contribution in [2.24, 2.45) is 11.8 Å². The van der Waals surface area contributed by atoms with Gasteiger partial charge in [0, 0.05) is 19.6 Å². The molecule has 2 aromatic rings. The zero-order valence-corrected chi connectivity index (χ0v) is 18.1. The van der Waals surface area contributed by atoms with Crippen LogP contribution in [0.3, 0.4) is 0 Å². The normalized spacial score (nSPS) is 15.5. The lowest BCUT2D eigenvalue weighted by Gasteiger charge is -2.21. The van der Waals surface area contributed by atoms with Gasteiger partial charge in [-0.15, -0.1) is 0 Å². The Bertz CT molecular complexity index is 873. The number of Topliss-reactive ketones (excluding diaryl/α,β-unsaturated/α-hetero) is 1. The third-order valence-corrected chi connectivity index (χ3v) is 5.98. The van der Waals surface area contributed by atoms with Crippen LogP contribution >= 0.6 is 0 Å². The minimum atomic E-state index is -0.193. The number of aromatic nitrogens is 1. The van der Waals surface area contributed by atoms with Gasteiger partial charge < -0.3 is 19.7 Å². The lowest BCUT2D eigenvalue weighted by Crippen LogP contribution is -2.29. The van der Waals surface area contributed by atoms with Gasteiger partial charge in [0.1, 0.15) is 0 Å². The number of hydrogen-bond acceptors (Lipinski definition) is 4. The summed E-state index contributed by atoms with van der Waals surface area (Å²) in [6, 6.07) is 11.5. The number of benzene rings is 1. The fourth-order valence-corrected chi connectivity index (χ4v) is 3.95. The summed E-state index contributed by atoms with van der Waals surface area (Å²) in [5, 5.41) is 12.7. The number of ether oxygens (including phenoxy) is 1. The van der Waals surface area contributed by atoms with E-state index >= 15 is 0 Å². The number of nitrogens with one attached hydrogen (secondary N) is 1.